The molecule has 1 rings (SSSR count). The second-order valence-corrected chi connectivity index (χ2v) is 7.11. The van der Waals surface area contributed by atoms with E-state index < -0.39 is 22.4 Å². The van der Waals surface area contributed by atoms with E-state index in [1.54, 1.807) is 0 Å². The van der Waals surface area contributed by atoms with E-state index in [2.05, 4.69) is 5.32 Å². The first kappa shape index (κ1) is 15.8. The zero-order valence-corrected chi connectivity index (χ0v) is 11.3. The van der Waals surface area contributed by atoms with Crippen LogP contribution in [0.2, 0.25) is 0 Å². The van der Waals surface area contributed by atoms with Gasteiger partial charge in [0.05, 0.1) is 11.5 Å². The van der Waals surface area contributed by atoms with Gasteiger partial charge in [-0.05, 0) is 31.7 Å². The van der Waals surface area contributed by atoms with E-state index in [-0.39, 0.29) is 29.9 Å². The SMILES string of the molecule is CCCNC(CCC(F)(F)F)C1CCS(=O)(=O)C1. The van der Waals surface area contributed by atoms with Crippen LogP contribution in [-0.4, -0.2) is 38.7 Å². The van der Waals surface area contributed by atoms with Crippen molar-refractivity contribution in [1.82, 2.24) is 5.32 Å². The fourth-order valence-electron chi connectivity index (χ4n) is 2.29. The summed E-state index contributed by atoms with van der Waals surface area (Å²) in [6.45, 7) is 2.55. The number of alkyl halides is 3. The summed E-state index contributed by atoms with van der Waals surface area (Å²) in [5.41, 5.74) is 0. The molecule has 1 N–H and O–H groups in total. The zero-order chi connectivity index (χ0) is 13.8. The first-order valence-electron chi connectivity index (χ1n) is 6.24. The standard InChI is InChI=1S/C11H20F3NO2S/c1-2-6-15-10(3-5-11(12,13)14)9-4-7-18(16,17)8-9/h9-10,15H,2-8H2,1H3. The summed E-state index contributed by atoms with van der Waals surface area (Å²) >= 11 is 0. The summed E-state index contributed by atoms with van der Waals surface area (Å²) in [4.78, 5) is 0. The van der Waals surface area contributed by atoms with Gasteiger partial charge in [-0.1, -0.05) is 6.92 Å². The molecular weight excluding hydrogens is 267 g/mol. The lowest BCUT2D eigenvalue weighted by molar-refractivity contribution is -0.137. The van der Waals surface area contributed by atoms with Gasteiger partial charge in [0.15, 0.2) is 9.84 Å². The van der Waals surface area contributed by atoms with E-state index >= 15 is 0 Å². The van der Waals surface area contributed by atoms with Crippen LogP contribution in [0.4, 0.5) is 13.2 Å². The van der Waals surface area contributed by atoms with Crippen molar-refractivity contribution in [1.29, 1.82) is 0 Å². The Morgan fingerprint density at radius 2 is 2.06 bits per heavy atom. The molecular formula is C11H20F3NO2S. The van der Waals surface area contributed by atoms with E-state index in [0.29, 0.717) is 13.0 Å². The maximum Gasteiger partial charge on any atom is 0.389 e. The molecule has 0 spiro atoms. The van der Waals surface area contributed by atoms with E-state index in [1.165, 1.54) is 0 Å². The average Bonchev–Trinajstić information content (AvgIpc) is 2.57. The van der Waals surface area contributed by atoms with Crippen molar-refractivity contribution in [2.24, 2.45) is 5.92 Å². The van der Waals surface area contributed by atoms with Crippen LogP contribution >= 0.6 is 0 Å². The van der Waals surface area contributed by atoms with Crippen molar-refractivity contribution >= 4 is 9.84 Å². The molecule has 0 bridgehead atoms. The summed E-state index contributed by atoms with van der Waals surface area (Å²) < 4.78 is 59.4. The van der Waals surface area contributed by atoms with Crippen molar-refractivity contribution in [3.05, 3.63) is 0 Å². The highest BCUT2D eigenvalue weighted by atomic mass is 32.2. The Hall–Kier alpha value is -0.300. The van der Waals surface area contributed by atoms with Crippen molar-refractivity contribution in [3.8, 4) is 0 Å². The molecule has 0 aromatic rings. The Kier molecular flexibility index (Phi) is 5.46. The van der Waals surface area contributed by atoms with E-state index in [1.807, 2.05) is 6.92 Å². The minimum atomic E-state index is -4.18. The van der Waals surface area contributed by atoms with E-state index in [0.717, 1.165) is 6.42 Å². The molecule has 7 heteroatoms. The van der Waals surface area contributed by atoms with E-state index in [9.17, 15) is 21.6 Å². The second-order valence-electron chi connectivity index (χ2n) is 4.88. The molecule has 1 heterocycles. The quantitative estimate of drug-likeness (QED) is 0.814. The average molecular weight is 287 g/mol. The summed E-state index contributed by atoms with van der Waals surface area (Å²) in [7, 11) is -3.04. The van der Waals surface area contributed by atoms with Crippen molar-refractivity contribution in [2.75, 3.05) is 18.1 Å². The number of hydrogen-bond donors (Lipinski definition) is 1. The fraction of sp³-hybridized carbons (Fsp3) is 1.00. The normalized spacial score (nSPS) is 25.2. The summed E-state index contributed by atoms with van der Waals surface area (Å²) in [5.74, 6) is -0.0517. The van der Waals surface area contributed by atoms with Crippen LogP contribution in [0.25, 0.3) is 0 Å². The van der Waals surface area contributed by atoms with Gasteiger partial charge in [0.2, 0.25) is 0 Å². The Bertz CT molecular complexity index is 354. The number of halogens is 3. The smallest absolute Gasteiger partial charge is 0.314 e. The Labute approximate surface area is 106 Å². The highest BCUT2D eigenvalue weighted by Gasteiger charge is 2.36. The van der Waals surface area contributed by atoms with Gasteiger partial charge in [-0.3, -0.25) is 0 Å². The molecule has 18 heavy (non-hydrogen) atoms. The third-order valence-electron chi connectivity index (χ3n) is 3.23. The fourth-order valence-corrected chi connectivity index (χ4v) is 4.17. The van der Waals surface area contributed by atoms with Crippen molar-refractivity contribution in [3.63, 3.8) is 0 Å². The van der Waals surface area contributed by atoms with Crippen LogP contribution in [0.1, 0.15) is 32.6 Å². The van der Waals surface area contributed by atoms with Gasteiger partial charge in [-0.15, -0.1) is 0 Å². The summed E-state index contributed by atoms with van der Waals surface area (Å²) in [5, 5.41) is 3.06. The molecule has 1 saturated heterocycles. The molecule has 0 radical (unpaired) electrons. The molecule has 1 aliphatic rings. The molecule has 2 unspecified atom stereocenters. The lowest BCUT2D eigenvalue weighted by Crippen LogP contribution is -2.38. The monoisotopic (exact) mass is 287 g/mol. The first-order chi connectivity index (χ1) is 8.23. The van der Waals surface area contributed by atoms with Crippen LogP contribution in [-0.2, 0) is 9.84 Å². The zero-order valence-electron chi connectivity index (χ0n) is 10.5. The first-order valence-corrected chi connectivity index (χ1v) is 8.06. The van der Waals surface area contributed by atoms with Crippen LogP contribution < -0.4 is 5.32 Å². The van der Waals surface area contributed by atoms with Gasteiger partial charge in [-0.25, -0.2) is 8.42 Å². The van der Waals surface area contributed by atoms with Crippen LogP contribution in [0.5, 0.6) is 0 Å². The molecule has 0 aromatic carbocycles. The molecule has 3 nitrogen and oxygen atoms in total. The molecule has 0 saturated carbocycles. The third kappa shape index (κ3) is 5.56. The van der Waals surface area contributed by atoms with Crippen LogP contribution in [0, 0.1) is 5.92 Å². The van der Waals surface area contributed by atoms with E-state index in [4.69, 9.17) is 0 Å². The number of hydrogen-bond acceptors (Lipinski definition) is 3. The highest BCUT2D eigenvalue weighted by Crippen LogP contribution is 2.28. The predicted octanol–water partition coefficient (Wildman–Crippen LogP) is 2.13. The predicted molar refractivity (Wildman–Crippen MR) is 64.1 cm³/mol. The minimum Gasteiger partial charge on any atom is -0.314 e. The van der Waals surface area contributed by atoms with Gasteiger partial charge in [0, 0.05) is 12.5 Å². The van der Waals surface area contributed by atoms with Crippen molar-refractivity contribution in [2.45, 2.75) is 44.8 Å². The van der Waals surface area contributed by atoms with Crippen LogP contribution in [0.15, 0.2) is 0 Å². The highest BCUT2D eigenvalue weighted by molar-refractivity contribution is 7.91. The van der Waals surface area contributed by atoms with Gasteiger partial charge in [0.1, 0.15) is 0 Å². The largest absolute Gasteiger partial charge is 0.389 e. The molecule has 108 valence electrons. The Balaban J connectivity index is 2.55. The van der Waals surface area contributed by atoms with Crippen molar-refractivity contribution < 1.29 is 21.6 Å². The number of rotatable bonds is 6. The third-order valence-corrected chi connectivity index (χ3v) is 5.03. The summed E-state index contributed by atoms with van der Waals surface area (Å²) in [6.07, 6.45) is -3.78. The lowest BCUT2D eigenvalue weighted by Gasteiger charge is -2.24. The van der Waals surface area contributed by atoms with Crippen LogP contribution in [0.3, 0.4) is 0 Å². The topological polar surface area (TPSA) is 46.2 Å². The van der Waals surface area contributed by atoms with Gasteiger partial charge in [-0.2, -0.15) is 13.2 Å². The Morgan fingerprint density at radius 3 is 2.50 bits per heavy atom. The molecule has 0 aromatic heterocycles. The maximum absolute atomic E-state index is 12.2. The maximum atomic E-state index is 12.2. The molecule has 1 fully saturated rings. The molecule has 0 amide bonds. The molecule has 0 aliphatic carbocycles. The molecule has 2 atom stereocenters. The molecule has 1 aliphatic heterocycles. The lowest BCUT2D eigenvalue weighted by atomic mass is 9.95. The van der Waals surface area contributed by atoms with Gasteiger partial charge >= 0.3 is 6.18 Å². The second kappa shape index (κ2) is 6.23. The van der Waals surface area contributed by atoms with Gasteiger partial charge < -0.3 is 5.32 Å². The number of sulfone groups is 1. The Morgan fingerprint density at radius 1 is 1.39 bits per heavy atom. The number of nitrogens with one attached hydrogen (secondary N) is 1. The minimum absolute atomic E-state index is 0.0201. The summed E-state index contributed by atoms with van der Waals surface area (Å²) in [6, 6.07) is -0.344. The van der Waals surface area contributed by atoms with Gasteiger partial charge in [0.25, 0.3) is 0 Å².